The molecule has 0 saturated carbocycles. The lowest BCUT2D eigenvalue weighted by atomic mass is 10.1. The fourth-order valence-electron chi connectivity index (χ4n) is 3.51. The lowest BCUT2D eigenvalue weighted by molar-refractivity contribution is 0.269. The van der Waals surface area contributed by atoms with Crippen molar-refractivity contribution in [2.24, 2.45) is 0 Å². The minimum absolute atomic E-state index is 0.0385. The second kappa shape index (κ2) is 6.93. The fourth-order valence-corrected chi connectivity index (χ4v) is 3.51. The minimum atomic E-state index is 0.0385. The summed E-state index contributed by atoms with van der Waals surface area (Å²) in [6, 6.07) is 6.12. The van der Waals surface area contributed by atoms with Crippen LogP contribution in [0.3, 0.4) is 0 Å². The number of hydrogen-bond donors (Lipinski definition) is 2. The molecule has 0 fully saturated rings. The molecule has 9 heteroatoms. The van der Waals surface area contributed by atoms with Crippen LogP contribution in [0.1, 0.15) is 11.1 Å². The van der Waals surface area contributed by atoms with Gasteiger partial charge in [-0.1, -0.05) is 12.1 Å². The molecule has 4 aromatic rings. The Bertz CT molecular complexity index is 1130. The number of anilines is 1. The number of aliphatic hydroxyl groups excluding tert-OH is 1. The first-order valence-corrected chi connectivity index (χ1v) is 9.13. The van der Waals surface area contributed by atoms with E-state index in [2.05, 4.69) is 31.7 Å². The normalized spacial score (nSPS) is 12.9. The number of aliphatic hydroxyl groups is 1. The van der Waals surface area contributed by atoms with E-state index >= 15 is 0 Å². The van der Waals surface area contributed by atoms with E-state index in [1.54, 1.807) is 23.4 Å². The molecule has 4 heterocycles. The van der Waals surface area contributed by atoms with Gasteiger partial charge in [-0.25, -0.2) is 4.98 Å². The van der Waals surface area contributed by atoms with Gasteiger partial charge in [0.2, 0.25) is 5.95 Å². The molecule has 0 spiro atoms. The molecular formula is C19H19N7O2. The van der Waals surface area contributed by atoms with Crippen molar-refractivity contribution < 1.29 is 9.84 Å². The monoisotopic (exact) mass is 377 g/mol. The third kappa shape index (κ3) is 2.85. The third-order valence-corrected chi connectivity index (χ3v) is 4.88. The van der Waals surface area contributed by atoms with Gasteiger partial charge in [-0.15, -0.1) is 10.2 Å². The van der Waals surface area contributed by atoms with Crippen LogP contribution in [0.5, 0.6) is 5.75 Å². The second-order valence-corrected chi connectivity index (χ2v) is 6.58. The predicted molar refractivity (Wildman–Crippen MR) is 102 cm³/mol. The molecule has 0 atom stereocenters. The Hall–Kier alpha value is -3.46. The average molecular weight is 377 g/mol. The summed E-state index contributed by atoms with van der Waals surface area (Å²) in [5.74, 6) is 1.64. The maximum atomic E-state index is 9.07. The molecule has 1 aromatic carbocycles. The van der Waals surface area contributed by atoms with E-state index in [0.29, 0.717) is 24.7 Å². The zero-order chi connectivity index (χ0) is 18.9. The molecule has 5 rings (SSSR count). The van der Waals surface area contributed by atoms with Gasteiger partial charge >= 0.3 is 0 Å². The average Bonchev–Trinajstić information content (AvgIpc) is 3.46. The van der Waals surface area contributed by atoms with E-state index in [-0.39, 0.29) is 6.61 Å². The molecule has 0 aliphatic carbocycles. The van der Waals surface area contributed by atoms with Crippen molar-refractivity contribution in [3.63, 3.8) is 0 Å². The molecular weight excluding hydrogens is 358 g/mol. The van der Waals surface area contributed by atoms with Crippen molar-refractivity contribution in [2.75, 3.05) is 18.5 Å². The molecule has 1 aliphatic heterocycles. The SMILES string of the molecule is OCCn1cc(-c2cnc(NCc3cccc4c3CCO4)n3cnnc23)cn1. The first-order chi connectivity index (χ1) is 13.8. The summed E-state index contributed by atoms with van der Waals surface area (Å²) < 4.78 is 9.16. The van der Waals surface area contributed by atoms with Crippen LogP contribution in [-0.2, 0) is 19.5 Å². The summed E-state index contributed by atoms with van der Waals surface area (Å²) >= 11 is 0. The number of aromatic nitrogens is 6. The molecule has 0 unspecified atom stereocenters. The minimum Gasteiger partial charge on any atom is -0.493 e. The van der Waals surface area contributed by atoms with E-state index in [1.165, 1.54) is 11.1 Å². The summed E-state index contributed by atoms with van der Waals surface area (Å²) in [5.41, 5.74) is 4.86. The Balaban J connectivity index is 1.44. The van der Waals surface area contributed by atoms with Crippen LogP contribution in [0.2, 0.25) is 0 Å². The highest BCUT2D eigenvalue weighted by atomic mass is 16.5. The summed E-state index contributed by atoms with van der Waals surface area (Å²) in [6.07, 6.45) is 7.94. The van der Waals surface area contributed by atoms with Crippen molar-refractivity contribution in [1.29, 1.82) is 0 Å². The Morgan fingerprint density at radius 1 is 1.25 bits per heavy atom. The van der Waals surface area contributed by atoms with Gasteiger partial charge in [0.25, 0.3) is 0 Å². The van der Waals surface area contributed by atoms with Gasteiger partial charge in [0, 0.05) is 42.0 Å². The predicted octanol–water partition coefficient (Wildman–Crippen LogP) is 1.53. The second-order valence-electron chi connectivity index (χ2n) is 6.58. The van der Waals surface area contributed by atoms with Crippen LogP contribution in [-0.4, -0.2) is 47.7 Å². The number of hydrogen-bond acceptors (Lipinski definition) is 7. The topological polar surface area (TPSA) is 102 Å². The van der Waals surface area contributed by atoms with E-state index in [4.69, 9.17) is 9.84 Å². The first kappa shape index (κ1) is 16.7. The van der Waals surface area contributed by atoms with Crippen LogP contribution in [0.4, 0.5) is 5.95 Å². The van der Waals surface area contributed by atoms with Gasteiger partial charge in [-0.05, 0) is 11.6 Å². The smallest absolute Gasteiger partial charge is 0.210 e. The number of rotatable bonds is 6. The number of nitrogens with zero attached hydrogens (tertiary/aromatic N) is 6. The molecule has 3 aromatic heterocycles. The maximum absolute atomic E-state index is 9.07. The molecule has 0 bridgehead atoms. The Morgan fingerprint density at radius 2 is 2.21 bits per heavy atom. The quantitative estimate of drug-likeness (QED) is 0.525. The van der Waals surface area contributed by atoms with Gasteiger partial charge in [0.1, 0.15) is 12.1 Å². The van der Waals surface area contributed by atoms with Crippen molar-refractivity contribution in [3.8, 4) is 16.9 Å². The molecule has 0 radical (unpaired) electrons. The molecule has 1 aliphatic rings. The Morgan fingerprint density at radius 3 is 3.14 bits per heavy atom. The molecule has 28 heavy (non-hydrogen) atoms. The van der Waals surface area contributed by atoms with Gasteiger partial charge < -0.3 is 15.2 Å². The van der Waals surface area contributed by atoms with Crippen LogP contribution in [0, 0.1) is 0 Å². The Labute approximate surface area is 160 Å². The van der Waals surface area contributed by atoms with Crippen LogP contribution < -0.4 is 10.1 Å². The number of nitrogens with one attached hydrogen (secondary N) is 1. The largest absolute Gasteiger partial charge is 0.493 e. The molecule has 2 N–H and O–H groups in total. The van der Waals surface area contributed by atoms with Gasteiger partial charge in [0.15, 0.2) is 5.65 Å². The summed E-state index contributed by atoms with van der Waals surface area (Å²) in [4.78, 5) is 4.57. The van der Waals surface area contributed by atoms with Crippen molar-refractivity contribution >= 4 is 11.6 Å². The lowest BCUT2D eigenvalue weighted by Gasteiger charge is -2.11. The number of fused-ring (bicyclic) bond motifs is 2. The molecule has 9 nitrogen and oxygen atoms in total. The zero-order valence-corrected chi connectivity index (χ0v) is 15.1. The number of benzene rings is 1. The molecule has 142 valence electrons. The summed E-state index contributed by atoms with van der Waals surface area (Å²) in [6.45, 7) is 1.86. The zero-order valence-electron chi connectivity index (χ0n) is 15.1. The molecule has 0 saturated heterocycles. The van der Waals surface area contributed by atoms with Crippen molar-refractivity contribution in [3.05, 3.63) is 54.2 Å². The number of ether oxygens (including phenoxy) is 1. The van der Waals surface area contributed by atoms with Gasteiger partial charge in [-0.2, -0.15) is 5.10 Å². The van der Waals surface area contributed by atoms with E-state index in [1.807, 2.05) is 22.7 Å². The lowest BCUT2D eigenvalue weighted by Crippen LogP contribution is -2.08. The van der Waals surface area contributed by atoms with E-state index < -0.39 is 0 Å². The van der Waals surface area contributed by atoms with Crippen LogP contribution in [0.25, 0.3) is 16.8 Å². The highest BCUT2D eigenvalue weighted by molar-refractivity contribution is 5.76. The van der Waals surface area contributed by atoms with E-state index in [0.717, 1.165) is 29.9 Å². The Kier molecular flexibility index (Phi) is 4.13. The van der Waals surface area contributed by atoms with Crippen LogP contribution >= 0.6 is 0 Å². The van der Waals surface area contributed by atoms with Crippen molar-refractivity contribution in [2.45, 2.75) is 19.5 Å². The highest BCUT2D eigenvalue weighted by Gasteiger charge is 2.17. The highest BCUT2D eigenvalue weighted by Crippen LogP contribution is 2.29. The standard InChI is InChI=1S/C19H19N7O2/c27-6-5-25-11-14(9-23-25)16-10-21-19(26-12-22-24-18(16)26)20-8-13-2-1-3-17-15(13)4-7-28-17/h1-3,9-12,27H,4-8H2,(H,20,21). The van der Waals surface area contributed by atoms with Crippen molar-refractivity contribution in [1.82, 2.24) is 29.4 Å². The van der Waals surface area contributed by atoms with Crippen LogP contribution in [0.15, 0.2) is 43.1 Å². The maximum Gasteiger partial charge on any atom is 0.210 e. The third-order valence-electron chi connectivity index (χ3n) is 4.88. The first-order valence-electron chi connectivity index (χ1n) is 9.13. The summed E-state index contributed by atoms with van der Waals surface area (Å²) in [5, 5.41) is 25.0. The van der Waals surface area contributed by atoms with Gasteiger partial charge in [0.05, 0.1) is 26.0 Å². The van der Waals surface area contributed by atoms with Gasteiger partial charge in [-0.3, -0.25) is 9.08 Å². The molecule has 0 amide bonds. The summed E-state index contributed by atoms with van der Waals surface area (Å²) in [7, 11) is 0. The fraction of sp³-hybridized carbons (Fsp3) is 0.263. The van der Waals surface area contributed by atoms with E-state index in [9.17, 15) is 0 Å².